The average molecular weight is 387 g/mol. The SMILES string of the molecule is [N-]=[N+]=N[C@H](c1ccc(F)cc1)c1c(-c2ccccc2)sc2ccccc2c1=O. The summed E-state index contributed by atoms with van der Waals surface area (Å²) in [5, 5.41) is 4.48. The third-order valence-electron chi connectivity index (χ3n) is 4.50. The van der Waals surface area contributed by atoms with E-state index in [0.29, 0.717) is 16.5 Å². The van der Waals surface area contributed by atoms with Crippen molar-refractivity contribution in [3.8, 4) is 10.4 Å². The van der Waals surface area contributed by atoms with Gasteiger partial charge in [-0.2, -0.15) is 0 Å². The minimum Gasteiger partial charge on any atom is -0.289 e. The first kappa shape index (κ1) is 17.9. The van der Waals surface area contributed by atoms with Gasteiger partial charge in [0.05, 0.1) is 6.04 Å². The van der Waals surface area contributed by atoms with Gasteiger partial charge in [-0.3, -0.25) is 4.79 Å². The number of hydrogen-bond donors (Lipinski definition) is 0. The van der Waals surface area contributed by atoms with Crippen molar-refractivity contribution in [3.05, 3.63) is 116 Å². The van der Waals surface area contributed by atoms with E-state index in [0.717, 1.165) is 15.1 Å². The van der Waals surface area contributed by atoms with E-state index in [-0.39, 0.29) is 5.43 Å². The van der Waals surface area contributed by atoms with Gasteiger partial charge in [-0.05, 0) is 40.9 Å². The van der Waals surface area contributed by atoms with E-state index in [2.05, 4.69) is 10.0 Å². The molecule has 0 aliphatic rings. The Balaban J connectivity index is 2.08. The molecule has 6 heteroatoms. The summed E-state index contributed by atoms with van der Waals surface area (Å²) in [6.07, 6.45) is 0. The van der Waals surface area contributed by atoms with E-state index in [4.69, 9.17) is 5.53 Å². The van der Waals surface area contributed by atoms with E-state index in [1.807, 2.05) is 48.5 Å². The third-order valence-corrected chi connectivity index (χ3v) is 5.73. The molecule has 0 N–H and O–H groups in total. The van der Waals surface area contributed by atoms with Gasteiger partial charge in [0.15, 0.2) is 5.43 Å². The quantitative estimate of drug-likeness (QED) is 0.225. The van der Waals surface area contributed by atoms with Crippen LogP contribution in [0.25, 0.3) is 31.0 Å². The normalized spacial score (nSPS) is 11.8. The van der Waals surface area contributed by atoms with Crippen molar-refractivity contribution in [3.63, 3.8) is 0 Å². The van der Waals surface area contributed by atoms with Crippen molar-refractivity contribution in [2.75, 3.05) is 0 Å². The molecule has 0 aliphatic carbocycles. The first-order valence-electron chi connectivity index (χ1n) is 8.60. The molecule has 4 nitrogen and oxygen atoms in total. The molecule has 0 saturated carbocycles. The van der Waals surface area contributed by atoms with Crippen molar-refractivity contribution in [2.45, 2.75) is 6.04 Å². The zero-order valence-corrected chi connectivity index (χ0v) is 15.4. The van der Waals surface area contributed by atoms with Crippen LogP contribution in [0.4, 0.5) is 4.39 Å². The molecule has 0 radical (unpaired) electrons. The summed E-state index contributed by atoms with van der Waals surface area (Å²) < 4.78 is 14.3. The standard InChI is InChI=1S/C22H14FN3OS/c23-16-12-10-14(11-13-16)20(25-26-24)19-21(27)17-8-4-5-9-18(17)28-22(19)15-6-2-1-3-7-15/h1-13,20H/t20-/m1/s1. The first-order valence-corrected chi connectivity index (χ1v) is 9.41. The summed E-state index contributed by atoms with van der Waals surface area (Å²) in [5.74, 6) is -0.393. The molecule has 0 saturated heterocycles. The molecule has 0 unspecified atom stereocenters. The van der Waals surface area contributed by atoms with Gasteiger partial charge < -0.3 is 0 Å². The molecule has 3 aromatic carbocycles. The van der Waals surface area contributed by atoms with Crippen LogP contribution >= 0.6 is 11.3 Å². The van der Waals surface area contributed by atoms with Gasteiger partial charge in [0, 0.05) is 25.4 Å². The molecule has 1 atom stereocenters. The zero-order valence-electron chi connectivity index (χ0n) is 14.6. The maximum Gasteiger partial charge on any atom is 0.192 e. The number of halogens is 1. The Morgan fingerprint density at radius 1 is 0.929 bits per heavy atom. The zero-order chi connectivity index (χ0) is 19.5. The second-order valence-electron chi connectivity index (χ2n) is 6.20. The molecule has 28 heavy (non-hydrogen) atoms. The molecule has 0 bridgehead atoms. The highest BCUT2D eigenvalue weighted by molar-refractivity contribution is 7.21. The van der Waals surface area contributed by atoms with E-state index in [1.54, 1.807) is 18.2 Å². The minimum atomic E-state index is -0.853. The van der Waals surface area contributed by atoms with Crippen LogP contribution in [0.5, 0.6) is 0 Å². The van der Waals surface area contributed by atoms with Crippen LogP contribution in [-0.4, -0.2) is 0 Å². The Kier molecular flexibility index (Phi) is 4.89. The maximum atomic E-state index is 13.4. The van der Waals surface area contributed by atoms with E-state index in [9.17, 15) is 9.18 Å². The van der Waals surface area contributed by atoms with Crippen molar-refractivity contribution in [1.82, 2.24) is 0 Å². The fourth-order valence-corrected chi connectivity index (χ4v) is 4.40. The van der Waals surface area contributed by atoms with Crippen molar-refractivity contribution < 1.29 is 4.39 Å². The first-order chi connectivity index (χ1) is 13.7. The lowest BCUT2D eigenvalue weighted by Gasteiger charge is -2.17. The molecule has 1 heterocycles. The lowest BCUT2D eigenvalue weighted by atomic mass is 9.96. The topological polar surface area (TPSA) is 65.8 Å². The summed E-state index contributed by atoms with van der Waals surface area (Å²) >= 11 is 1.48. The number of rotatable bonds is 4. The highest BCUT2D eigenvalue weighted by Gasteiger charge is 2.23. The van der Waals surface area contributed by atoms with Crippen LogP contribution in [0.2, 0.25) is 0 Å². The van der Waals surface area contributed by atoms with Crippen LogP contribution in [-0.2, 0) is 0 Å². The van der Waals surface area contributed by atoms with Crippen molar-refractivity contribution in [2.24, 2.45) is 5.11 Å². The number of azide groups is 1. The Hall–Kier alpha value is -3.47. The van der Waals surface area contributed by atoms with Gasteiger partial charge >= 0.3 is 0 Å². The highest BCUT2D eigenvalue weighted by atomic mass is 32.1. The van der Waals surface area contributed by atoms with E-state index >= 15 is 0 Å². The molecular formula is C22H14FN3OS. The van der Waals surface area contributed by atoms with Gasteiger partial charge in [0.2, 0.25) is 0 Å². The molecule has 0 spiro atoms. The highest BCUT2D eigenvalue weighted by Crippen LogP contribution is 2.38. The van der Waals surface area contributed by atoms with Crippen LogP contribution in [0, 0.1) is 5.82 Å². The van der Waals surface area contributed by atoms with Crippen LogP contribution in [0.15, 0.2) is 88.8 Å². The van der Waals surface area contributed by atoms with E-state index < -0.39 is 11.9 Å². The molecule has 1 aromatic heterocycles. The molecule has 0 aliphatic heterocycles. The second kappa shape index (κ2) is 7.64. The second-order valence-corrected chi connectivity index (χ2v) is 7.25. The van der Waals surface area contributed by atoms with Gasteiger partial charge in [-0.1, -0.05) is 59.7 Å². The fourth-order valence-electron chi connectivity index (χ4n) is 3.20. The Bertz CT molecular complexity index is 1250. The summed E-state index contributed by atoms with van der Waals surface area (Å²) in [6.45, 7) is 0. The number of fused-ring (bicyclic) bond motifs is 1. The van der Waals surface area contributed by atoms with Crippen LogP contribution in [0.3, 0.4) is 0 Å². The monoisotopic (exact) mass is 387 g/mol. The molecule has 4 aromatic rings. The predicted molar refractivity (Wildman–Crippen MR) is 111 cm³/mol. The van der Waals surface area contributed by atoms with Crippen LogP contribution < -0.4 is 5.43 Å². The summed E-state index contributed by atoms with van der Waals surface area (Å²) in [5.41, 5.74) is 10.8. The average Bonchev–Trinajstić information content (AvgIpc) is 2.74. The predicted octanol–water partition coefficient (Wildman–Crippen LogP) is 6.47. The summed E-state index contributed by atoms with van der Waals surface area (Å²) in [4.78, 5) is 17.1. The number of nitrogens with zero attached hydrogens (tertiary/aromatic N) is 3. The Morgan fingerprint density at radius 3 is 2.32 bits per heavy atom. The maximum absolute atomic E-state index is 13.4. The van der Waals surface area contributed by atoms with Gasteiger partial charge in [-0.25, -0.2) is 4.39 Å². The van der Waals surface area contributed by atoms with Crippen molar-refractivity contribution in [1.29, 1.82) is 0 Å². The Labute approximate surface area is 164 Å². The lowest BCUT2D eigenvalue weighted by Crippen LogP contribution is -2.14. The Morgan fingerprint density at radius 2 is 1.61 bits per heavy atom. The minimum absolute atomic E-state index is 0.185. The molecule has 0 amide bonds. The molecule has 0 fully saturated rings. The molecular weight excluding hydrogens is 373 g/mol. The summed E-state index contributed by atoms with van der Waals surface area (Å²) in [7, 11) is 0. The smallest absolute Gasteiger partial charge is 0.192 e. The lowest BCUT2D eigenvalue weighted by molar-refractivity contribution is 0.626. The summed E-state index contributed by atoms with van der Waals surface area (Å²) in [6, 6.07) is 21.7. The molecule has 4 rings (SSSR count). The van der Waals surface area contributed by atoms with Gasteiger partial charge in [0.1, 0.15) is 5.82 Å². The fraction of sp³-hybridized carbons (Fsp3) is 0.0455. The largest absolute Gasteiger partial charge is 0.289 e. The van der Waals surface area contributed by atoms with Gasteiger partial charge in [-0.15, -0.1) is 11.3 Å². The number of hydrogen-bond acceptors (Lipinski definition) is 3. The van der Waals surface area contributed by atoms with Crippen molar-refractivity contribution >= 4 is 21.4 Å². The molecule has 136 valence electrons. The third kappa shape index (κ3) is 3.27. The number of benzene rings is 3. The van der Waals surface area contributed by atoms with Gasteiger partial charge in [0.25, 0.3) is 0 Å². The van der Waals surface area contributed by atoms with E-state index in [1.165, 1.54) is 23.5 Å². The van der Waals surface area contributed by atoms with Crippen LogP contribution in [0.1, 0.15) is 17.2 Å².